The van der Waals surface area contributed by atoms with E-state index in [4.69, 9.17) is 0 Å². The average molecular weight is 467 g/mol. The van der Waals surface area contributed by atoms with Gasteiger partial charge in [-0.25, -0.2) is 0 Å². The Balaban J connectivity index is 1.57. The number of hydrogen-bond acceptors (Lipinski definition) is 7. The highest BCUT2D eigenvalue weighted by molar-refractivity contribution is 7.99. The smallest absolute Gasteiger partial charge is 0.284 e. The topological polar surface area (TPSA) is 123 Å². The molecule has 11 heteroatoms. The van der Waals surface area contributed by atoms with Gasteiger partial charge in [0, 0.05) is 43.0 Å². The Morgan fingerprint density at radius 1 is 1.18 bits per heavy atom. The quantitative estimate of drug-likeness (QED) is 0.434. The van der Waals surface area contributed by atoms with Gasteiger partial charge in [0.15, 0.2) is 5.16 Å². The summed E-state index contributed by atoms with van der Waals surface area (Å²) in [5.74, 6) is -0.552. The number of carbonyl (C=O) groups excluding carboxylic acids is 2. The zero-order valence-electron chi connectivity index (χ0n) is 18.1. The Morgan fingerprint density at radius 3 is 2.61 bits per heavy atom. The van der Waals surface area contributed by atoms with Crippen LogP contribution in [0.4, 0.5) is 11.4 Å². The lowest BCUT2D eigenvalue weighted by atomic mass is 10.0. The first-order chi connectivity index (χ1) is 15.8. The molecular formula is C22H22N6O4S. The summed E-state index contributed by atoms with van der Waals surface area (Å²) in [4.78, 5) is 39.0. The van der Waals surface area contributed by atoms with Gasteiger partial charge >= 0.3 is 0 Å². The molecule has 0 aliphatic carbocycles. The van der Waals surface area contributed by atoms with E-state index in [9.17, 15) is 19.7 Å². The number of aromatic nitrogens is 3. The number of aryl methyl sites for hydroxylation is 1. The first kappa shape index (κ1) is 22.5. The maximum atomic E-state index is 12.9. The third-order valence-corrected chi connectivity index (χ3v) is 6.61. The number of benzene rings is 2. The highest BCUT2D eigenvalue weighted by atomic mass is 32.2. The van der Waals surface area contributed by atoms with Gasteiger partial charge in [-0.1, -0.05) is 6.07 Å². The monoisotopic (exact) mass is 466 g/mol. The molecule has 1 N–H and O–H groups in total. The number of amides is 2. The lowest BCUT2D eigenvalue weighted by Crippen LogP contribution is -2.28. The molecule has 33 heavy (non-hydrogen) atoms. The number of carbonyl (C=O) groups is 2. The highest BCUT2D eigenvalue weighted by Crippen LogP contribution is 2.34. The zero-order valence-corrected chi connectivity index (χ0v) is 19.0. The summed E-state index contributed by atoms with van der Waals surface area (Å²) < 4.78 is 1.65. The van der Waals surface area contributed by atoms with Crippen LogP contribution >= 0.6 is 11.8 Å². The van der Waals surface area contributed by atoms with Crippen molar-refractivity contribution < 1.29 is 14.5 Å². The maximum absolute atomic E-state index is 12.9. The predicted molar refractivity (Wildman–Crippen MR) is 122 cm³/mol. The number of anilines is 1. The molecule has 1 aliphatic rings. The Kier molecular flexibility index (Phi) is 6.40. The van der Waals surface area contributed by atoms with E-state index < -0.39 is 10.8 Å². The molecule has 2 aromatic carbocycles. The minimum absolute atomic E-state index is 0.0538. The van der Waals surface area contributed by atoms with E-state index in [1.165, 1.54) is 24.5 Å². The lowest BCUT2D eigenvalue weighted by Gasteiger charge is -2.18. The fraction of sp³-hybridized carbons (Fsp3) is 0.273. The summed E-state index contributed by atoms with van der Waals surface area (Å²) >= 11 is 1.09. The molecule has 3 aromatic rings. The van der Waals surface area contributed by atoms with E-state index >= 15 is 0 Å². The molecule has 0 spiro atoms. The van der Waals surface area contributed by atoms with Gasteiger partial charge in [0.2, 0.25) is 0 Å². The molecular weight excluding hydrogens is 444 g/mol. The van der Waals surface area contributed by atoms with Crippen LogP contribution in [-0.4, -0.2) is 49.5 Å². The van der Waals surface area contributed by atoms with Crippen molar-refractivity contribution in [3.05, 3.63) is 69.5 Å². The van der Waals surface area contributed by atoms with E-state index in [-0.39, 0.29) is 17.2 Å². The Bertz CT molecular complexity index is 1240. The van der Waals surface area contributed by atoms with Crippen LogP contribution in [0.2, 0.25) is 0 Å². The molecule has 1 aromatic heterocycles. The number of nitrogens with zero attached hydrogens (tertiary/aromatic N) is 5. The van der Waals surface area contributed by atoms with Crippen molar-refractivity contribution in [3.8, 4) is 0 Å². The van der Waals surface area contributed by atoms with Gasteiger partial charge in [-0.3, -0.25) is 19.7 Å². The molecule has 4 rings (SSSR count). The van der Waals surface area contributed by atoms with E-state index in [0.717, 1.165) is 37.7 Å². The molecule has 10 nitrogen and oxygen atoms in total. The second-order valence-electron chi connectivity index (χ2n) is 7.70. The third-order valence-electron chi connectivity index (χ3n) is 5.49. The molecule has 0 atom stereocenters. The largest absolute Gasteiger partial charge is 0.339 e. The number of nitro groups is 1. The van der Waals surface area contributed by atoms with Crippen molar-refractivity contribution >= 4 is 35.0 Å². The lowest BCUT2D eigenvalue weighted by molar-refractivity contribution is -0.387. The van der Waals surface area contributed by atoms with Crippen LogP contribution in [0, 0.1) is 17.0 Å². The van der Waals surface area contributed by atoms with Crippen LogP contribution in [0.25, 0.3) is 0 Å². The fourth-order valence-electron chi connectivity index (χ4n) is 3.64. The number of hydrogen-bond donors (Lipinski definition) is 1. The molecule has 1 fully saturated rings. The Morgan fingerprint density at radius 2 is 1.94 bits per heavy atom. The van der Waals surface area contributed by atoms with Crippen LogP contribution in [-0.2, 0) is 7.05 Å². The maximum Gasteiger partial charge on any atom is 0.284 e. The Labute approximate surface area is 194 Å². The van der Waals surface area contributed by atoms with Crippen LogP contribution in [0.3, 0.4) is 0 Å². The molecule has 0 unspecified atom stereocenters. The van der Waals surface area contributed by atoms with Crippen LogP contribution in [0.15, 0.2) is 52.8 Å². The molecule has 0 saturated carbocycles. The Hall–Kier alpha value is -3.73. The predicted octanol–water partition coefficient (Wildman–Crippen LogP) is 3.67. The van der Waals surface area contributed by atoms with Gasteiger partial charge in [-0.05, 0) is 61.4 Å². The number of nitrogens with one attached hydrogen (secondary N) is 1. The summed E-state index contributed by atoms with van der Waals surface area (Å²) in [6, 6.07) is 9.45. The van der Waals surface area contributed by atoms with E-state index in [1.54, 1.807) is 36.7 Å². The first-order valence-electron chi connectivity index (χ1n) is 10.4. The minimum atomic E-state index is -0.532. The molecule has 0 radical (unpaired) electrons. The van der Waals surface area contributed by atoms with Crippen molar-refractivity contribution in [1.82, 2.24) is 19.7 Å². The first-order valence-corrected chi connectivity index (χ1v) is 11.2. The standard InChI is InChI=1S/C22H22N6O4S/c1-14-16(21(30)27-10-3-4-11-27)6-5-7-17(14)24-20(29)15-8-9-19(18(12-15)28(31)32)33-22-25-23-13-26(22)2/h5-9,12-13H,3-4,10-11H2,1-2H3,(H,24,29). The number of nitro benzene ring substituents is 1. The van der Waals surface area contributed by atoms with Crippen molar-refractivity contribution in [3.63, 3.8) is 0 Å². The molecule has 0 bridgehead atoms. The van der Waals surface area contributed by atoms with Crippen molar-refractivity contribution in [2.45, 2.75) is 29.8 Å². The zero-order chi connectivity index (χ0) is 23.5. The van der Waals surface area contributed by atoms with Crippen LogP contribution in [0.1, 0.15) is 39.1 Å². The van der Waals surface area contributed by atoms with Crippen LogP contribution < -0.4 is 5.32 Å². The van der Waals surface area contributed by atoms with Crippen LogP contribution in [0.5, 0.6) is 0 Å². The van der Waals surface area contributed by atoms with Gasteiger partial charge in [0.1, 0.15) is 6.33 Å². The van der Waals surface area contributed by atoms with Gasteiger partial charge in [0.05, 0.1) is 9.82 Å². The molecule has 2 amide bonds. The normalized spacial score (nSPS) is 13.2. The number of likely N-dealkylation sites (tertiary alicyclic amines) is 1. The second-order valence-corrected chi connectivity index (χ2v) is 8.71. The van der Waals surface area contributed by atoms with E-state index in [2.05, 4.69) is 15.5 Å². The van der Waals surface area contributed by atoms with Crippen molar-refractivity contribution in [1.29, 1.82) is 0 Å². The highest BCUT2D eigenvalue weighted by Gasteiger charge is 2.23. The summed E-state index contributed by atoms with van der Waals surface area (Å²) in [7, 11) is 1.74. The fourth-order valence-corrected chi connectivity index (χ4v) is 4.49. The summed E-state index contributed by atoms with van der Waals surface area (Å²) in [5, 5.41) is 22.6. The third kappa shape index (κ3) is 4.72. The average Bonchev–Trinajstić information content (AvgIpc) is 3.47. The summed E-state index contributed by atoms with van der Waals surface area (Å²) in [5.41, 5.74) is 1.62. The van der Waals surface area contributed by atoms with E-state index in [1.807, 2.05) is 4.90 Å². The molecule has 1 aliphatic heterocycles. The number of rotatable bonds is 6. The summed E-state index contributed by atoms with van der Waals surface area (Å²) in [6.07, 6.45) is 3.48. The van der Waals surface area contributed by atoms with Crippen molar-refractivity contribution in [2.75, 3.05) is 18.4 Å². The SMILES string of the molecule is Cc1c(NC(=O)c2ccc(Sc3nncn3C)c([N+](=O)[O-])c2)cccc1C(=O)N1CCCC1. The molecule has 1 saturated heterocycles. The minimum Gasteiger partial charge on any atom is -0.339 e. The van der Waals surface area contributed by atoms with Gasteiger partial charge in [0.25, 0.3) is 17.5 Å². The van der Waals surface area contributed by atoms with Gasteiger partial charge in [-0.15, -0.1) is 10.2 Å². The molecule has 2 heterocycles. The second kappa shape index (κ2) is 9.41. The van der Waals surface area contributed by atoms with Gasteiger partial charge in [-0.2, -0.15) is 0 Å². The summed E-state index contributed by atoms with van der Waals surface area (Å²) in [6.45, 7) is 3.25. The van der Waals surface area contributed by atoms with Gasteiger partial charge < -0.3 is 14.8 Å². The van der Waals surface area contributed by atoms with E-state index in [0.29, 0.717) is 26.9 Å². The molecule has 170 valence electrons. The van der Waals surface area contributed by atoms with Crippen molar-refractivity contribution in [2.24, 2.45) is 7.05 Å².